The van der Waals surface area contributed by atoms with Gasteiger partial charge in [0.25, 0.3) is 11.8 Å². The SMILES string of the molecule is O=C(O)CC1CCCCN1C(=O)c1coc2c1C(=O)NCCC2. The first kappa shape index (κ1) is 15.6. The summed E-state index contributed by atoms with van der Waals surface area (Å²) in [5.74, 6) is -0.979. The molecule has 0 bridgehead atoms. The maximum Gasteiger partial charge on any atom is 0.305 e. The third-order valence-electron chi connectivity index (χ3n) is 4.49. The number of carbonyl (C=O) groups is 3. The van der Waals surface area contributed by atoms with Crippen LogP contribution >= 0.6 is 0 Å². The smallest absolute Gasteiger partial charge is 0.305 e. The van der Waals surface area contributed by atoms with Crippen molar-refractivity contribution in [3.63, 3.8) is 0 Å². The van der Waals surface area contributed by atoms with E-state index in [0.29, 0.717) is 37.3 Å². The van der Waals surface area contributed by atoms with Gasteiger partial charge in [-0.25, -0.2) is 0 Å². The van der Waals surface area contributed by atoms with Crippen molar-refractivity contribution in [3.05, 3.63) is 23.2 Å². The Hall–Kier alpha value is -2.31. The fourth-order valence-corrected chi connectivity index (χ4v) is 3.36. The molecule has 2 amide bonds. The summed E-state index contributed by atoms with van der Waals surface area (Å²) in [6, 6.07) is -0.326. The number of aryl methyl sites for hydroxylation is 1. The lowest BCUT2D eigenvalue weighted by Gasteiger charge is -2.34. The lowest BCUT2D eigenvalue weighted by Crippen LogP contribution is -2.45. The average molecular weight is 320 g/mol. The molecule has 0 aliphatic carbocycles. The van der Waals surface area contributed by atoms with Gasteiger partial charge in [0.15, 0.2) is 0 Å². The molecule has 0 aromatic carbocycles. The molecule has 7 heteroatoms. The molecule has 23 heavy (non-hydrogen) atoms. The molecule has 3 rings (SSSR count). The van der Waals surface area contributed by atoms with Crippen molar-refractivity contribution in [1.82, 2.24) is 10.2 Å². The molecule has 1 aromatic heterocycles. The Morgan fingerprint density at radius 2 is 2.17 bits per heavy atom. The average Bonchev–Trinajstić information content (AvgIpc) is 2.86. The Morgan fingerprint density at radius 1 is 1.35 bits per heavy atom. The lowest BCUT2D eigenvalue weighted by atomic mass is 9.97. The number of piperidine rings is 1. The number of nitrogens with one attached hydrogen (secondary N) is 1. The fraction of sp³-hybridized carbons (Fsp3) is 0.562. The van der Waals surface area contributed by atoms with Crippen molar-refractivity contribution in [2.75, 3.05) is 13.1 Å². The van der Waals surface area contributed by atoms with Crippen molar-refractivity contribution in [3.8, 4) is 0 Å². The number of likely N-dealkylation sites (tertiary alicyclic amines) is 1. The van der Waals surface area contributed by atoms with Crippen LogP contribution in [0.3, 0.4) is 0 Å². The van der Waals surface area contributed by atoms with Crippen molar-refractivity contribution < 1.29 is 23.9 Å². The van der Waals surface area contributed by atoms with Crippen molar-refractivity contribution in [2.45, 2.75) is 44.6 Å². The van der Waals surface area contributed by atoms with Crippen LogP contribution in [-0.4, -0.2) is 46.9 Å². The first-order valence-electron chi connectivity index (χ1n) is 7.99. The molecule has 0 spiro atoms. The molecule has 1 unspecified atom stereocenters. The van der Waals surface area contributed by atoms with E-state index in [1.807, 2.05) is 0 Å². The van der Waals surface area contributed by atoms with Crippen molar-refractivity contribution >= 4 is 17.8 Å². The van der Waals surface area contributed by atoms with Gasteiger partial charge in [0.05, 0.1) is 17.5 Å². The Bertz CT molecular complexity index is 636. The van der Waals surface area contributed by atoms with Gasteiger partial charge in [-0.3, -0.25) is 14.4 Å². The van der Waals surface area contributed by atoms with E-state index in [1.165, 1.54) is 6.26 Å². The number of carboxylic acid groups (broad SMARTS) is 1. The van der Waals surface area contributed by atoms with Crippen molar-refractivity contribution in [2.24, 2.45) is 0 Å². The van der Waals surface area contributed by atoms with Crippen LogP contribution in [0.15, 0.2) is 10.7 Å². The fourth-order valence-electron chi connectivity index (χ4n) is 3.36. The summed E-state index contributed by atoms with van der Waals surface area (Å²) >= 11 is 0. The standard InChI is InChI=1S/C16H20N2O5/c19-13(20)8-10-4-1-2-7-18(10)16(22)11-9-23-12-5-3-6-17-15(21)14(11)12/h9-10H,1-8H2,(H,17,21)(H,19,20). The number of hydrogen-bond acceptors (Lipinski definition) is 4. The number of furan rings is 1. The van der Waals surface area contributed by atoms with Crippen LogP contribution in [0.1, 0.15) is 58.6 Å². The van der Waals surface area contributed by atoms with E-state index < -0.39 is 5.97 Å². The predicted octanol–water partition coefficient (Wildman–Crippen LogP) is 1.42. The maximum absolute atomic E-state index is 12.9. The van der Waals surface area contributed by atoms with E-state index in [-0.39, 0.29) is 29.8 Å². The van der Waals surface area contributed by atoms with Crippen LogP contribution in [0.4, 0.5) is 0 Å². The minimum atomic E-state index is -0.918. The Balaban J connectivity index is 1.89. The molecule has 1 saturated heterocycles. The summed E-state index contributed by atoms with van der Waals surface area (Å²) < 4.78 is 5.44. The van der Waals surface area contributed by atoms with E-state index >= 15 is 0 Å². The number of hydrogen-bond donors (Lipinski definition) is 2. The maximum atomic E-state index is 12.9. The van der Waals surface area contributed by atoms with E-state index in [2.05, 4.69) is 5.32 Å². The van der Waals surface area contributed by atoms with Gasteiger partial charge in [-0.05, 0) is 25.7 Å². The molecule has 2 N–H and O–H groups in total. The van der Waals surface area contributed by atoms with E-state index in [4.69, 9.17) is 9.52 Å². The van der Waals surface area contributed by atoms with Crippen LogP contribution in [0.25, 0.3) is 0 Å². The van der Waals surface area contributed by atoms with Gasteiger partial charge >= 0.3 is 5.97 Å². The Labute approximate surface area is 133 Å². The van der Waals surface area contributed by atoms with Gasteiger partial charge in [0, 0.05) is 25.6 Å². The van der Waals surface area contributed by atoms with E-state index in [0.717, 1.165) is 19.3 Å². The van der Waals surface area contributed by atoms with Crippen LogP contribution < -0.4 is 5.32 Å². The molecular formula is C16H20N2O5. The van der Waals surface area contributed by atoms with Crippen LogP contribution in [-0.2, 0) is 11.2 Å². The minimum absolute atomic E-state index is 0.0715. The number of aliphatic carboxylic acids is 1. The zero-order valence-electron chi connectivity index (χ0n) is 12.8. The largest absolute Gasteiger partial charge is 0.481 e. The number of fused-ring (bicyclic) bond motifs is 1. The molecule has 7 nitrogen and oxygen atoms in total. The number of carboxylic acids is 1. The Kier molecular flexibility index (Phi) is 4.36. The number of carbonyl (C=O) groups excluding carboxylic acids is 2. The highest BCUT2D eigenvalue weighted by Crippen LogP contribution is 2.27. The molecule has 124 valence electrons. The van der Waals surface area contributed by atoms with Gasteiger partial charge in [-0.15, -0.1) is 0 Å². The molecule has 1 aromatic rings. The highest BCUT2D eigenvalue weighted by atomic mass is 16.4. The number of nitrogens with zero attached hydrogens (tertiary/aromatic N) is 1. The summed E-state index contributed by atoms with van der Waals surface area (Å²) in [5, 5.41) is 11.8. The molecule has 2 aliphatic rings. The molecule has 1 atom stereocenters. The van der Waals surface area contributed by atoms with Gasteiger partial charge < -0.3 is 19.7 Å². The summed E-state index contributed by atoms with van der Waals surface area (Å²) in [5.41, 5.74) is 0.559. The first-order chi connectivity index (χ1) is 11.1. The second kappa shape index (κ2) is 6.44. The highest BCUT2D eigenvalue weighted by Gasteiger charge is 2.34. The monoisotopic (exact) mass is 320 g/mol. The summed E-state index contributed by atoms with van der Waals surface area (Å²) in [7, 11) is 0. The third-order valence-corrected chi connectivity index (χ3v) is 4.49. The molecule has 2 aliphatic heterocycles. The minimum Gasteiger partial charge on any atom is -0.481 e. The third kappa shape index (κ3) is 3.09. The Morgan fingerprint density at radius 3 is 2.96 bits per heavy atom. The lowest BCUT2D eigenvalue weighted by molar-refractivity contribution is -0.138. The predicted molar refractivity (Wildman–Crippen MR) is 80.3 cm³/mol. The summed E-state index contributed by atoms with van der Waals surface area (Å²) in [6.45, 7) is 1.07. The van der Waals surface area contributed by atoms with Gasteiger partial charge in [0.2, 0.25) is 0 Å². The number of rotatable bonds is 3. The second-order valence-electron chi connectivity index (χ2n) is 6.05. The van der Waals surface area contributed by atoms with Gasteiger partial charge in [0.1, 0.15) is 12.0 Å². The molecule has 0 radical (unpaired) electrons. The molecular weight excluding hydrogens is 300 g/mol. The molecule has 1 fully saturated rings. The van der Waals surface area contributed by atoms with E-state index in [1.54, 1.807) is 4.90 Å². The van der Waals surface area contributed by atoms with Gasteiger partial charge in [-0.1, -0.05) is 0 Å². The van der Waals surface area contributed by atoms with E-state index in [9.17, 15) is 14.4 Å². The summed E-state index contributed by atoms with van der Waals surface area (Å²) in [4.78, 5) is 37.7. The topological polar surface area (TPSA) is 99.8 Å². The quantitative estimate of drug-likeness (QED) is 0.877. The highest BCUT2D eigenvalue weighted by molar-refractivity contribution is 6.08. The van der Waals surface area contributed by atoms with Crippen molar-refractivity contribution in [1.29, 1.82) is 0 Å². The normalized spacial score (nSPS) is 21.3. The molecule has 3 heterocycles. The van der Waals surface area contributed by atoms with Crippen LogP contribution in [0, 0.1) is 0 Å². The first-order valence-corrected chi connectivity index (χ1v) is 7.99. The van der Waals surface area contributed by atoms with Gasteiger partial charge in [-0.2, -0.15) is 0 Å². The van der Waals surface area contributed by atoms with Crippen LogP contribution in [0.2, 0.25) is 0 Å². The molecule has 0 saturated carbocycles. The zero-order chi connectivity index (χ0) is 16.4. The van der Waals surface area contributed by atoms with Crippen LogP contribution in [0.5, 0.6) is 0 Å². The summed E-state index contributed by atoms with van der Waals surface area (Å²) in [6.07, 6.45) is 5.07. The number of amides is 2. The zero-order valence-corrected chi connectivity index (χ0v) is 12.8. The second-order valence-corrected chi connectivity index (χ2v) is 6.05.